The summed E-state index contributed by atoms with van der Waals surface area (Å²) in [6, 6.07) is 4.89. The molecule has 0 saturated carbocycles. The number of pyridine rings is 1. The summed E-state index contributed by atoms with van der Waals surface area (Å²) in [6.45, 7) is 4.00. The van der Waals surface area contributed by atoms with Crippen LogP contribution >= 0.6 is 0 Å². The summed E-state index contributed by atoms with van der Waals surface area (Å²) in [5, 5.41) is 24.1. The molecular weight excluding hydrogens is 475 g/mol. The Labute approximate surface area is 206 Å². The number of aliphatic hydroxyl groups is 2. The number of halogens is 3. The van der Waals surface area contributed by atoms with E-state index in [0.29, 0.717) is 35.0 Å². The van der Waals surface area contributed by atoms with Crippen LogP contribution in [0.5, 0.6) is 0 Å². The van der Waals surface area contributed by atoms with Gasteiger partial charge in [-0.2, -0.15) is 0 Å². The molecule has 0 bridgehead atoms. The highest BCUT2D eigenvalue weighted by Gasteiger charge is 2.37. The van der Waals surface area contributed by atoms with Crippen molar-refractivity contribution in [2.45, 2.75) is 51.2 Å². The number of carbonyl (C=O) groups excluding carboxylic acids is 1. The van der Waals surface area contributed by atoms with Crippen molar-refractivity contribution in [1.29, 1.82) is 0 Å². The van der Waals surface area contributed by atoms with E-state index < -0.39 is 41.5 Å². The van der Waals surface area contributed by atoms with Crippen molar-refractivity contribution in [3.05, 3.63) is 58.8 Å². The summed E-state index contributed by atoms with van der Waals surface area (Å²) in [4.78, 5) is 26.3. The number of fused-ring (bicyclic) bond motifs is 1. The molecule has 0 radical (unpaired) electrons. The molecule has 0 unspecified atom stereocenters. The first-order valence-electron chi connectivity index (χ1n) is 11.6. The van der Waals surface area contributed by atoms with Crippen LogP contribution in [-0.2, 0) is 16.3 Å². The number of aryl methyl sites for hydroxylation is 1. The van der Waals surface area contributed by atoms with Gasteiger partial charge in [0, 0.05) is 36.8 Å². The molecule has 11 heteroatoms. The van der Waals surface area contributed by atoms with E-state index >= 15 is 0 Å². The molecule has 0 spiro atoms. The van der Waals surface area contributed by atoms with Crippen molar-refractivity contribution in [3.63, 3.8) is 0 Å². The van der Waals surface area contributed by atoms with Crippen LogP contribution in [-0.4, -0.2) is 55.7 Å². The predicted octanol–water partition coefficient (Wildman–Crippen LogP) is 3.56. The predicted molar refractivity (Wildman–Crippen MR) is 127 cm³/mol. The Bertz CT molecular complexity index is 1290. The lowest BCUT2D eigenvalue weighted by atomic mass is 9.83. The normalized spacial score (nSPS) is 16.7. The molecule has 0 aliphatic carbocycles. The molecule has 36 heavy (non-hydrogen) atoms. The largest absolute Gasteiger partial charge is 0.387 e. The molecular formula is C25H28F3N5O3. The van der Waals surface area contributed by atoms with Crippen LogP contribution in [0.25, 0.3) is 11.0 Å². The molecule has 3 aromatic rings. The summed E-state index contributed by atoms with van der Waals surface area (Å²) >= 11 is 0. The number of piperidine rings is 1. The number of hydrogen-bond acceptors (Lipinski definition) is 7. The van der Waals surface area contributed by atoms with Gasteiger partial charge in [-0.3, -0.25) is 4.79 Å². The Hall–Kier alpha value is -3.31. The first kappa shape index (κ1) is 25.8. The highest BCUT2D eigenvalue weighted by atomic mass is 19.3. The van der Waals surface area contributed by atoms with Crippen LogP contribution < -0.4 is 5.32 Å². The minimum Gasteiger partial charge on any atom is -0.387 e. The van der Waals surface area contributed by atoms with Crippen molar-refractivity contribution in [1.82, 2.24) is 19.9 Å². The molecule has 1 aromatic carbocycles. The Balaban J connectivity index is 1.67. The number of carbonyl (C=O) groups is 1. The third-order valence-electron chi connectivity index (χ3n) is 6.72. The topological polar surface area (TPSA) is 111 Å². The maximum Gasteiger partial charge on any atom is 0.273 e. The van der Waals surface area contributed by atoms with Gasteiger partial charge in [0.25, 0.3) is 5.92 Å². The summed E-state index contributed by atoms with van der Waals surface area (Å²) in [5.41, 5.74) is -0.422. The van der Waals surface area contributed by atoms with Crippen molar-refractivity contribution < 1.29 is 28.2 Å². The quantitative estimate of drug-likeness (QED) is 0.472. The van der Waals surface area contributed by atoms with E-state index in [4.69, 9.17) is 5.11 Å². The average Bonchev–Trinajstić information content (AvgIpc) is 2.83. The molecule has 1 aliphatic rings. The number of rotatable bonds is 6. The maximum absolute atomic E-state index is 14.9. The third-order valence-corrected chi connectivity index (χ3v) is 6.72. The molecule has 8 nitrogen and oxygen atoms in total. The van der Waals surface area contributed by atoms with Gasteiger partial charge in [-0.15, -0.1) is 0 Å². The number of aromatic nitrogens is 3. The van der Waals surface area contributed by atoms with E-state index in [9.17, 15) is 23.1 Å². The van der Waals surface area contributed by atoms with Gasteiger partial charge in [-0.1, -0.05) is 18.2 Å². The van der Waals surface area contributed by atoms with Crippen molar-refractivity contribution in [3.8, 4) is 0 Å². The van der Waals surface area contributed by atoms with Crippen molar-refractivity contribution in [2.24, 2.45) is 0 Å². The summed E-state index contributed by atoms with van der Waals surface area (Å²) < 4.78 is 42.6. The summed E-state index contributed by atoms with van der Waals surface area (Å²) in [5.74, 6) is -4.40. The zero-order chi connectivity index (χ0) is 26.3. The minimum absolute atomic E-state index is 0.0561. The Kier molecular flexibility index (Phi) is 6.89. The van der Waals surface area contributed by atoms with E-state index in [1.807, 2.05) is 0 Å². The first-order chi connectivity index (χ1) is 16.9. The number of anilines is 1. The number of amides is 1. The van der Waals surface area contributed by atoms with Gasteiger partial charge in [0.2, 0.25) is 5.91 Å². The van der Waals surface area contributed by atoms with Crippen LogP contribution in [0.4, 0.5) is 19.0 Å². The average molecular weight is 504 g/mol. The molecule has 1 saturated heterocycles. The fraction of sp³-hybridized carbons (Fsp3) is 0.440. The van der Waals surface area contributed by atoms with Crippen molar-refractivity contribution >= 4 is 22.8 Å². The summed E-state index contributed by atoms with van der Waals surface area (Å²) in [7, 11) is 0. The number of likely N-dealkylation sites (tertiary alicyclic amines) is 1. The number of benzene rings is 1. The molecule has 4 rings (SSSR count). The Morgan fingerprint density at radius 2 is 1.97 bits per heavy atom. The monoisotopic (exact) mass is 503 g/mol. The minimum atomic E-state index is -3.33. The molecule has 1 aliphatic heterocycles. The molecule has 3 heterocycles. The van der Waals surface area contributed by atoms with Crippen LogP contribution in [0, 0.1) is 12.7 Å². The zero-order valence-electron chi connectivity index (χ0n) is 20.2. The Morgan fingerprint density at radius 1 is 1.28 bits per heavy atom. The van der Waals surface area contributed by atoms with Crippen LogP contribution in [0.15, 0.2) is 30.6 Å². The lowest BCUT2D eigenvalue weighted by Gasteiger charge is -2.39. The maximum atomic E-state index is 14.9. The van der Waals surface area contributed by atoms with Gasteiger partial charge in [-0.05, 0) is 32.8 Å². The molecule has 1 fully saturated rings. The lowest BCUT2D eigenvalue weighted by Crippen LogP contribution is -2.46. The first-order valence-corrected chi connectivity index (χ1v) is 11.6. The molecule has 192 valence electrons. The van der Waals surface area contributed by atoms with E-state index in [1.165, 1.54) is 23.4 Å². The summed E-state index contributed by atoms with van der Waals surface area (Å²) in [6.07, 6.45) is 1.80. The number of nitrogens with zero attached hydrogens (tertiary/aromatic N) is 4. The number of hydrogen-bond donors (Lipinski definition) is 3. The molecule has 3 N–H and O–H groups in total. The molecule has 1 atom stereocenters. The Morgan fingerprint density at radius 3 is 2.61 bits per heavy atom. The second-order valence-electron chi connectivity index (χ2n) is 9.25. The van der Waals surface area contributed by atoms with Gasteiger partial charge in [0.1, 0.15) is 24.6 Å². The fourth-order valence-corrected chi connectivity index (χ4v) is 4.66. The van der Waals surface area contributed by atoms with E-state index in [-0.39, 0.29) is 31.5 Å². The van der Waals surface area contributed by atoms with Gasteiger partial charge in [-0.25, -0.2) is 28.1 Å². The van der Waals surface area contributed by atoms with E-state index in [2.05, 4.69) is 20.3 Å². The van der Waals surface area contributed by atoms with Crippen LogP contribution in [0.3, 0.4) is 0 Å². The van der Waals surface area contributed by atoms with Crippen LogP contribution in [0.2, 0.25) is 0 Å². The van der Waals surface area contributed by atoms with Gasteiger partial charge < -0.3 is 20.4 Å². The SMILES string of the molecule is Cc1nc2ncnc(N[C@H](C)c3cccc(C(C)(F)F)c3F)c2cc1C1(O)CCN(C(=O)CO)CC1. The van der Waals surface area contributed by atoms with Gasteiger partial charge >= 0.3 is 0 Å². The second kappa shape index (κ2) is 9.62. The fourth-order valence-electron chi connectivity index (χ4n) is 4.66. The van der Waals surface area contributed by atoms with Gasteiger partial charge in [0.05, 0.1) is 22.6 Å². The lowest BCUT2D eigenvalue weighted by molar-refractivity contribution is -0.138. The van der Waals surface area contributed by atoms with E-state index in [1.54, 1.807) is 19.9 Å². The zero-order valence-corrected chi connectivity index (χ0v) is 20.2. The highest BCUT2D eigenvalue weighted by Crippen LogP contribution is 2.37. The number of nitrogens with one attached hydrogen (secondary N) is 1. The van der Waals surface area contributed by atoms with Crippen molar-refractivity contribution in [2.75, 3.05) is 25.0 Å². The molecule has 2 aromatic heterocycles. The van der Waals surface area contributed by atoms with Gasteiger partial charge in [0.15, 0.2) is 5.65 Å². The second-order valence-corrected chi connectivity index (χ2v) is 9.25. The standard InChI is InChI=1S/C25H28F3N5O3/c1-14(16-5-4-6-18(21(16)26)24(3,27)28)31-22-17-11-19(15(2)32-23(17)30-13-29-22)25(36)7-9-33(10-8-25)20(35)12-34/h4-6,11,13-14,34,36H,7-10,12H2,1-3H3,(H,29,30,31,32)/t14-/m1/s1. The molecule has 1 amide bonds. The third kappa shape index (κ3) is 4.85. The van der Waals surface area contributed by atoms with Crippen LogP contribution in [0.1, 0.15) is 55.1 Å². The number of aliphatic hydroxyl groups excluding tert-OH is 1. The smallest absolute Gasteiger partial charge is 0.273 e. The highest BCUT2D eigenvalue weighted by molar-refractivity contribution is 5.87. The van der Waals surface area contributed by atoms with E-state index in [0.717, 1.165) is 6.07 Å². The number of alkyl halides is 2.